The molecular formula is C25H27N3O8S2. The van der Waals surface area contributed by atoms with Crippen molar-refractivity contribution in [1.29, 1.82) is 0 Å². The van der Waals surface area contributed by atoms with E-state index in [9.17, 15) is 27.9 Å². The van der Waals surface area contributed by atoms with Gasteiger partial charge in [0.25, 0.3) is 11.1 Å². The first-order valence-corrected chi connectivity index (χ1v) is 14.0. The summed E-state index contributed by atoms with van der Waals surface area (Å²) in [7, 11) is -2.26. The number of hydrogen-bond donors (Lipinski definition) is 2. The number of morpholine rings is 1. The van der Waals surface area contributed by atoms with Gasteiger partial charge in [-0.15, -0.1) is 0 Å². The fourth-order valence-corrected chi connectivity index (χ4v) is 6.17. The summed E-state index contributed by atoms with van der Waals surface area (Å²) in [5.41, 5.74) is 0.700. The number of aromatic hydroxyl groups is 1. The van der Waals surface area contributed by atoms with E-state index in [1.165, 1.54) is 22.5 Å². The van der Waals surface area contributed by atoms with Crippen molar-refractivity contribution < 1.29 is 37.4 Å². The number of ether oxygens (including phenoxy) is 2. The van der Waals surface area contributed by atoms with Crippen LogP contribution in [0, 0.1) is 0 Å². The number of methoxy groups -OCH3 is 1. The highest BCUT2D eigenvalue weighted by atomic mass is 32.2. The van der Waals surface area contributed by atoms with Crippen LogP contribution in [0.4, 0.5) is 10.5 Å². The summed E-state index contributed by atoms with van der Waals surface area (Å²) in [6, 6.07) is 10.7. The van der Waals surface area contributed by atoms with Crippen LogP contribution < -0.4 is 10.1 Å². The fraction of sp³-hybridized carbons (Fsp3) is 0.320. The van der Waals surface area contributed by atoms with Gasteiger partial charge in [0.1, 0.15) is 11.5 Å². The van der Waals surface area contributed by atoms with E-state index in [1.807, 2.05) is 0 Å². The Morgan fingerprint density at radius 1 is 1.16 bits per heavy atom. The van der Waals surface area contributed by atoms with E-state index in [-0.39, 0.29) is 53.7 Å². The summed E-state index contributed by atoms with van der Waals surface area (Å²) >= 11 is 0.831. The second-order valence-corrected chi connectivity index (χ2v) is 11.4. The molecule has 2 fully saturated rings. The molecule has 2 saturated heterocycles. The lowest BCUT2D eigenvalue weighted by atomic mass is 10.2. The van der Waals surface area contributed by atoms with E-state index in [1.54, 1.807) is 37.5 Å². The number of phenolic OH excluding ortho intramolecular Hbond substituents is 1. The SMILES string of the molecule is COc1ccc(C=C2SC(=O)N(CCCC(=O)Nc3cc(S(=O)(=O)N4CCOCC4)ccc3O)C2=O)cc1. The average molecular weight is 562 g/mol. The number of hydrogen-bond acceptors (Lipinski definition) is 9. The van der Waals surface area contributed by atoms with Gasteiger partial charge in [-0.1, -0.05) is 12.1 Å². The number of nitrogens with zero attached hydrogens (tertiary/aromatic N) is 2. The van der Waals surface area contributed by atoms with Crippen LogP contribution >= 0.6 is 11.8 Å². The van der Waals surface area contributed by atoms with Gasteiger partial charge >= 0.3 is 0 Å². The van der Waals surface area contributed by atoms with E-state index in [2.05, 4.69) is 5.32 Å². The Labute approximate surface area is 224 Å². The first-order chi connectivity index (χ1) is 18.2. The molecule has 2 aromatic carbocycles. The van der Waals surface area contributed by atoms with Crippen molar-refractivity contribution in [3.8, 4) is 11.5 Å². The molecule has 2 N–H and O–H groups in total. The normalized spacial score (nSPS) is 17.7. The lowest BCUT2D eigenvalue weighted by Crippen LogP contribution is -2.40. The number of benzene rings is 2. The van der Waals surface area contributed by atoms with E-state index < -0.39 is 27.1 Å². The van der Waals surface area contributed by atoms with Crippen molar-refractivity contribution in [2.24, 2.45) is 0 Å². The molecule has 4 rings (SSSR count). The Hall–Kier alpha value is -3.39. The molecule has 13 heteroatoms. The molecule has 0 aliphatic carbocycles. The fourth-order valence-electron chi connectivity index (χ4n) is 3.87. The quantitative estimate of drug-likeness (QED) is 0.349. The Bertz CT molecular complexity index is 1350. The van der Waals surface area contributed by atoms with Crippen molar-refractivity contribution in [2.45, 2.75) is 17.7 Å². The predicted molar refractivity (Wildman–Crippen MR) is 141 cm³/mol. The predicted octanol–water partition coefficient (Wildman–Crippen LogP) is 2.88. The minimum absolute atomic E-state index is 0.0372. The number of thioether (sulfide) groups is 1. The minimum atomic E-state index is -3.81. The number of rotatable bonds is 9. The molecular weight excluding hydrogens is 534 g/mol. The van der Waals surface area contributed by atoms with Gasteiger partial charge in [-0.05, 0) is 60.2 Å². The van der Waals surface area contributed by atoms with E-state index >= 15 is 0 Å². The van der Waals surface area contributed by atoms with Crippen molar-refractivity contribution in [1.82, 2.24) is 9.21 Å². The summed E-state index contributed by atoms with van der Waals surface area (Å²) in [4.78, 5) is 38.9. The highest BCUT2D eigenvalue weighted by molar-refractivity contribution is 8.18. The average Bonchev–Trinajstić information content (AvgIpc) is 3.18. The van der Waals surface area contributed by atoms with Crippen molar-refractivity contribution in [3.63, 3.8) is 0 Å². The first kappa shape index (κ1) is 27.6. The first-order valence-electron chi connectivity index (χ1n) is 11.8. The van der Waals surface area contributed by atoms with Gasteiger partial charge in [0, 0.05) is 26.1 Å². The van der Waals surface area contributed by atoms with Crippen LogP contribution in [0.1, 0.15) is 18.4 Å². The molecule has 0 radical (unpaired) electrons. The lowest BCUT2D eigenvalue weighted by Gasteiger charge is -2.26. The third-order valence-electron chi connectivity index (χ3n) is 5.92. The number of nitrogens with one attached hydrogen (secondary N) is 1. The number of anilines is 1. The van der Waals surface area contributed by atoms with Gasteiger partial charge < -0.3 is 19.9 Å². The van der Waals surface area contributed by atoms with E-state index in [0.29, 0.717) is 19.0 Å². The van der Waals surface area contributed by atoms with Crippen LogP contribution in [0.5, 0.6) is 11.5 Å². The molecule has 38 heavy (non-hydrogen) atoms. The van der Waals surface area contributed by atoms with Crippen LogP contribution in [0.3, 0.4) is 0 Å². The number of amides is 3. The number of phenols is 1. The van der Waals surface area contributed by atoms with Gasteiger partial charge in [0.15, 0.2) is 0 Å². The van der Waals surface area contributed by atoms with Gasteiger partial charge in [-0.3, -0.25) is 19.3 Å². The molecule has 2 aromatic rings. The smallest absolute Gasteiger partial charge is 0.293 e. The summed E-state index contributed by atoms with van der Waals surface area (Å²) in [5.74, 6) is -0.543. The summed E-state index contributed by atoms with van der Waals surface area (Å²) in [5, 5.41) is 12.2. The van der Waals surface area contributed by atoms with Crippen LogP contribution in [-0.4, -0.2) is 79.7 Å². The Kier molecular flexibility index (Phi) is 8.72. The zero-order chi connectivity index (χ0) is 27.3. The molecule has 0 bridgehead atoms. The molecule has 3 amide bonds. The molecule has 0 spiro atoms. The van der Waals surface area contributed by atoms with Crippen molar-refractivity contribution >= 4 is 50.6 Å². The van der Waals surface area contributed by atoms with Gasteiger partial charge in [0.05, 0.1) is 35.8 Å². The molecule has 202 valence electrons. The van der Waals surface area contributed by atoms with E-state index in [0.717, 1.165) is 22.2 Å². The lowest BCUT2D eigenvalue weighted by molar-refractivity contribution is -0.123. The largest absolute Gasteiger partial charge is 0.506 e. The zero-order valence-corrected chi connectivity index (χ0v) is 22.2. The standard InChI is InChI=1S/C25H27N3O8S2/c1-35-18-6-4-17(5-7-18)15-22-24(31)28(25(32)37-22)10-2-3-23(30)26-20-16-19(8-9-21(20)29)38(33,34)27-11-13-36-14-12-27/h4-9,15-16,29H,2-3,10-14H2,1H3,(H,26,30). The molecule has 0 unspecified atom stereocenters. The van der Waals surface area contributed by atoms with Crippen molar-refractivity contribution in [2.75, 3.05) is 45.3 Å². The van der Waals surface area contributed by atoms with Gasteiger partial charge in [0.2, 0.25) is 15.9 Å². The second kappa shape index (κ2) is 12.0. The molecule has 2 aliphatic rings. The maximum absolute atomic E-state index is 12.9. The maximum atomic E-state index is 12.9. The third kappa shape index (κ3) is 6.35. The Balaban J connectivity index is 1.33. The molecule has 0 saturated carbocycles. The molecule has 2 aliphatic heterocycles. The third-order valence-corrected chi connectivity index (χ3v) is 8.72. The Morgan fingerprint density at radius 3 is 2.55 bits per heavy atom. The Morgan fingerprint density at radius 2 is 1.87 bits per heavy atom. The molecule has 0 atom stereocenters. The molecule has 0 aromatic heterocycles. The number of imide groups is 1. The number of carbonyl (C=O) groups excluding carboxylic acids is 3. The summed E-state index contributed by atoms with van der Waals surface area (Å²) in [6.45, 7) is 1.05. The van der Waals surface area contributed by atoms with E-state index in [4.69, 9.17) is 9.47 Å². The minimum Gasteiger partial charge on any atom is -0.506 e. The highest BCUT2D eigenvalue weighted by Gasteiger charge is 2.34. The van der Waals surface area contributed by atoms with Crippen LogP contribution in [0.2, 0.25) is 0 Å². The molecule has 11 nitrogen and oxygen atoms in total. The number of sulfonamides is 1. The van der Waals surface area contributed by atoms with Crippen LogP contribution in [0.25, 0.3) is 6.08 Å². The highest BCUT2D eigenvalue weighted by Crippen LogP contribution is 2.33. The van der Waals surface area contributed by atoms with Crippen molar-refractivity contribution in [3.05, 3.63) is 52.9 Å². The van der Waals surface area contributed by atoms with Gasteiger partial charge in [-0.25, -0.2) is 8.42 Å². The number of carbonyl (C=O) groups is 3. The zero-order valence-electron chi connectivity index (χ0n) is 20.6. The van der Waals surface area contributed by atoms with Crippen LogP contribution in [0.15, 0.2) is 52.3 Å². The molecule has 2 heterocycles. The topological polar surface area (TPSA) is 143 Å². The monoisotopic (exact) mass is 561 g/mol. The summed E-state index contributed by atoms with van der Waals surface area (Å²) < 4.78 is 37.4. The summed E-state index contributed by atoms with van der Waals surface area (Å²) in [6.07, 6.45) is 1.75. The van der Waals surface area contributed by atoms with Gasteiger partial charge in [-0.2, -0.15) is 4.31 Å². The maximum Gasteiger partial charge on any atom is 0.293 e. The second-order valence-electron chi connectivity index (χ2n) is 8.45. The van der Waals surface area contributed by atoms with Crippen LogP contribution in [-0.2, 0) is 24.3 Å².